The molecule has 1 N–H and O–H groups in total. The second-order valence-corrected chi connectivity index (χ2v) is 5.79. The molecular formula is C15H17NO3S. The number of hydrogen-bond donors (Lipinski definition) is 1. The minimum Gasteiger partial charge on any atom is -0.493 e. The molecule has 0 saturated carbocycles. The van der Waals surface area contributed by atoms with Gasteiger partial charge in [-0.15, -0.1) is 11.3 Å². The van der Waals surface area contributed by atoms with E-state index in [-0.39, 0.29) is 6.42 Å². The van der Waals surface area contributed by atoms with Crippen LogP contribution < -0.4 is 4.74 Å². The zero-order valence-electron chi connectivity index (χ0n) is 11.5. The molecule has 0 bridgehead atoms. The van der Waals surface area contributed by atoms with Crippen LogP contribution in [0.2, 0.25) is 0 Å². The van der Waals surface area contributed by atoms with E-state index in [4.69, 9.17) is 9.84 Å². The van der Waals surface area contributed by atoms with Crippen molar-refractivity contribution in [3.8, 4) is 5.75 Å². The molecule has 1 heterocycles. The molecule has 0 aliphatic heterocycles. The second kappa shape index (κ2) is 6.52. The third-order valence-electron chi connectivity index (χ3n) is 3.06. The van der Waals surface area contributed by atoms with Crippen LogP contribution in [0.3, 0.4) is 0 Å². The first kappa shape index (κ1) is 14.5. The first-order chi connectivity index (χ1) is 9.56. The first-order valence-corrected chi connectivity index (χ1v) is 7.22. The molecule has 0 radical (unpaired) electrons. The van der Waals surface area contributed by atoms with Gasteiger partial charge in [-0.2, -0.15) is 0 Å². The van der Waals surface area contributed by atoms with Crippen LogP contribution in [0, 0.1) is 13.8 Å². The van der Waals surface area contributed by atoms with Crippen molar-refractivity contribution in [1.82, 2.24) is 4.98 Å². The topological polar surface area (TPSA) is 59.4 Å². The Morgan fingerprint density at radius 1 is 1.40 bits per heavy atom. The Morgan fingerprint density at radius 2 is 2.20 bits per heavy atom. The maximum atomic E-state index is 10.6. The van der Waals surface area contributed by atoms with Crippen molar-refractivity contribution in [2.24, 2.45) is 0 Å². The number of carboxylic acids is 1. The van der Waals surface area contributed by atoms with Crippen molar-refractivity contribution in [1.29, 1.82) is 0 Å². The number of hydrogen-bond acceptors (Lipinski definition) is 4. The van der Waals surface area contributed by atoms with Gasteiger partial charge in [0.2, 0.25) is 0 Å². The van der Waals surface area contributed by atoms with E-state index in [2.05, 4.69) is 18.0 Å². The molecule has 2 rings (SSSR count). The van der Waals surface area contributed by atoms with Crippen molar-refractivity contribution < 1.29 is 14.6 Å². The van der Waals surface area contributed by atoms with Crippen molar-refractivity contribution in [2.45, 2.75) is 26.7 Å². The van der Waals surface area contributed by atoms with Crippen LogP contribution in [0.1, 0.15) is 21.0 Å². The SMILES string of the molecule is Cc1cccc(OCCc2ncc(CC(=O)O)s2)c1C. The number of thiazole rings is 1. The molecule has 0 unspecified atom stereocenters. The third kappa shape index (κ3) is 3.81. The summed E-state index contributed by atoms with van der Waals surface area (Å²) in [6, 6.07) is 5.99. The predicted octanol–water partition coefficient (Wildman–Crippen LogP) is 3.01. The molecule has 0 aliphatic rings. The maximum absolute atomic E-state index is 10.6. The molecule has 0 spiro atoms. The summed E-state index contributed by atoms with van der Waals surface area (Å²) in [6.45, 7) is 4.64. The number of carboxylic acid groups (broad SMARTS) is 1. The Bertz CT molecular complexity index is 607. The summed E-state index contributed by atoms with van der Waals surface area (Å²) in [5, 5.41) is 9.62. The van der Waals surface area contributed by atoms with E-state index >= 15 is 0 Å². The highest BCUT2D eigenvalue weighted by Crippen LogP contribution is 2.21. The molecule has 5 heteroatoms. The molecule has 0 atom stereocenters. The molecule has 0 fully saturated rings. The lowest BCUT2D eigenvalue weighted by atomic mass is 10.1. The standard InChI is InChI=1S/C15H17NO3S/c1-10-4-3-5-13(11(10)2)19-7-6-14-16-9-12(20-14)8-15(17)18/h3-5,9H,6-8H2,1-2H3,(H,17,18). The number of benzene rings is 1. The van der Waals surface area contributed by atoms with Gasteiger partial charge in [-0.3, -0.25) is 4.79 Å². The fourth-order valence-corrected chi connectivity index (χ4v) is 2.72. The minimum atomic E-state index is -0.827. The van der Waals surface area contributed by atoms with Gasteiger partial charge in [-0.05, 0) is 31.0 Å². The predicted molar refractivity (Wildman–Crippen MR) is 78.6 cm³/mol. The highest BCUT2D eigenvalue weighted by Gasteiger charge is 2.07. The molecule has 0 aliphatic carbocycles. The van der Waals surface area contributed by atoms with Crippen LogP contribution in [0.4, 0.5) is 0 Å². The molecular weight excluding hydrogens is 274 g/mol. The lowest BCUT2D eigenvalue weighted by Gasteiger charge is -2.09. The lowest BCUT2D eigenvalue weighted by Crippen LogP contribution is -2.02. The number of carbonyl (C=O) groups is 1. The molecule has 1 aromatic carbocycles. The molecule has 0 saturated heterocycles. The van der Waals surface area contributed by atoms with Gasteiger partial charge < -0.3 is 9.84 Å². The second-order valence-electron chi connectivity index (χ2n) is 4.59. The van der Waals surface area contributed by atoms with Gasteiger partial charge in [-0.1, -0.05) is 12.1 Å². The maximum Gasteiger partial charge on any atom is 0.308 e. The highest BCUT2D eigenvalue weighted by atomic mass is 32.1. The Labute approximate surface area is 122 Å². The summed E-state index contributed by atoms with van der Waals surface area (Å²) in [5.41, 5.74) is 2.36. The normalized spacial score (nSPS) is 10.5. The first-order valence-electron chi connectivity index (χ1n) is 6.40. The number of rotatable bonds is 6. The van der Waals surface area contributed by atoms with Crippen molar-refractivity contribution in [3.63, 3.8) is 0 Å². The van der Waals surface area contributed by atoms with Gasteiger partial charge >= 0.3 is 5.97 Å². The van der Waals surface area contributed by atoms with Gasteiger partial charge in [0.05, 0.1) is 18.0 Å². The Balaban J connectivity index is 1.88. The number of aryl methyl sites for hydroxylation is 1. The van der Waals surface area contributed by atoms with Crippen LogP contribution >= 0.6 is 11.3 Å². The Hall–Kier alpha value is -1.88. The van der Waals surface area contributed by atoms with E-state index in [0.717, 1.165) is 21.2 Å². The van der Waals surface area contributed by atoms with Gasteiger partial charge in [0.1, 0.15) is 5.75 Å². The largest absolute Gasteiger partial charge is 0.493 e. The summed E-state index contributed by atoms with van der Waals surface area (Å²) in [6.07, 6.45) is 2.36. The fourth-order valence-electron chi connectivity index (χ4n) is 1.82. The van der Waals surface area contributed by atoms with Gasteiger partial charge in [0, 0.05) is 17.5 Å². The molecule has 2 aromatic rings. The average molecular weight is 291 g/mol. The fraction of sp³-hybridized carbons (Fsp3) is 0.333. The molecule has 20 heavy (non-hydrogen) atoms. The van der Waals surface area contributed by atoms with Gasteiger partial charge in [0.15, 0.2) is 0 Å². The van der Waals surface area contributed by atoms with E-state index < -0.39 is 5.97 Å². The Morgan fingerprint density at radius 3 is 2.95 bits per heavy atom. The van der Waals surface area contributed by atoms with Crippen LogP contribution in [-0.4, -0.2) is 22.7 Å². The smallest absolute Gasteiger partial charge is 0.308 e. The van der Waals surface area contributed by atoms with Gasteiger partial charge in [-0.25, -0.2) is 4.98 Å². The monoisotopic (exact) mass is 291 g/mol. The van der Waals surface area contributed by atoms with E-state index in [0.29, 0.717) is 13.0 Å². The summed E-state index contributed by atoms with van der Waals surface area (Å²) in [5.74, 6) is 0.0687. The van der Waals surface area contributed by atoms with E-state index in [1.807, 2.05) is 19.1 Å². The highest BCUT2D eigenvalue weighted by molar-refractivity contribution is 7.11. The number of ether oxygens (including phenoxy) is 1. The zero-order chi connectivity index (χ0) is 14.5. The number of nitrogens with zero attached hydrogens (tertiary/aromatic N) is 1. The van der Waals surface area contributed by atoms with Crippen molar-refractivity contribution in [3.05, 3.63) is 45.4 Å². The van der Waals surface area contributed by atoms with Gasteiger partial charge in [0.25, 0.3) is 0 Å². The average Bonchev–Trinajstić information content (AvgIpc) is 2.81. The van der Waals surface area contributed by atoms with Crippen LogP contribution in [-0.2, 0) is 17.6 Å². The van der Waals surface area contributed by atoms with Crippen LogP contribution in [0.15, 0.2) is 24.4 Å². The molecule has 4 nitrogen and oxygen atoms in total. The molecule has 106 valence electrons. The van der Waals surface area contributed by atoms with E-state index in [1.54, 1.807) is 6.20 Å². The third-order valence-corrected chi connectivity index (χ3v) is 4.11. The van der Waals surface area contributed by atoms with Crippen molar-refractivity contribution in [2.75, 3.05) is 6.61 Å². The van der Waals surface area contributed by atoms with Crippen LogP contribution in [0.25, 0.3) is 0 Å². The minimum absolute atomic E-state index is 0.0372. The van der Waals surface area contributed by atoms with E-state index in [1.165, 1.54) is 16.9 Å². The summed E-state index contributed by atoms with van der Waals surface area (Å²) in [4.78, 5) is 15.6. The Kier molecular flexibility index (Phi) is 4.74. The summed E-state index contributed by atoms with van der Waals surface area (Å²) < 4.78 is 5.76. The summed E-state index contributed by atoms with van der Waals surface area (Å²) >= 11 is 1.43. The van der Waals surface area contributed by atoms with E-state index in [9.17, 15) is 4.79 Å². The number of aliphatic carboxylic acids is 1. The lowest BCUT2D eigenvalue weighted by molar-refractivity contribution is -0.136. The van der Waals surface area contributed by atoms with Crippen molar-refractivity contribution >= 4 is 17.3 Å². The number of aromatic nitrogens is 1. The van der Waals surface area contributed by atoms with Crippen LogP contribution in [0.5, 0.6) is 5.75 Å². The molecule has 1 aromatic heterocycles. The zero-order valence-corrected chi connectivity index (χ0v) is 12.4. The molecule has 0 amide bonds. The summed E-state index contributed by atoms with van der Waals surface area (Å²) in [7, 11) is 0. The quantitative estimate of drug-likeness (QED) is 0.888.